The Morgan fingerprint density at radius 1 is 0.972 bits per heavy atom. The van der Waals surface area contributed by atoms with Crippen molar-refractivity contribution in [2.45, 2.75) is 39.5 Å². The Morgan fingerprint density at radius 2 is 1.61 bits per heavy atom. The predicted molar refractivity (Wildman–Crippen MR) is 123 cm³/mol. The first-order valence-electron chi connectivity index (χ1n) is 10.7. The average Bonchev–Trinajstić information content (AvgIpc) is 2.82. The molecule has 0 aliphatic heterocycles. The summed E-state index contributed by atoms with van der Waals surface area (Å²) in [4.78, 5) is 71.3. The van der Waals surface area contributed by atoms with E-state index >= 15 is 0 Å². The average molecular weight is 508 g/mol. The smallest absolute Gasteiger partial charge is 0.434 e. The summed E-state index contributed by atoms with van der Waals surface area (Å²) in [5.74, 6) is -3.39. The number of benzene rings is 1. The van der Waals surface area contributed by atoms with Gasteiger partial charge in [-0.25, -0.2) is 19.4 Å². The molecular weight excluding hydrogens is 478 g/mol. The maximum atomic E-state index is 12.4. The van der Waals surface area contributed by atoms with E-state index in [2.05, 4.69) is 25.5 Å². The molecule has 0 aromatic heterocycles. The summed E-state index contributed by atoms with van der Waals surface area (Å²) in [7, 11) is 0. The number of carbonyl (C=O) groups excluding carboxylic acids is 6. The van der Waals surface area contributed by atoms with Gasteiger partial charge in [0.25, 0.3) is 5.91 Å². The molecule has 36 heavy (non-hydrogen) atoms. The molecule has 0 heterocycles. The zero-order valence-electron chi connectivity index (χ0n) is 20.0. The number of nitrogens with two attached hydrogens (primary N) is 1. The Morgan fingerprint density at radius 3 is 2.22 bits per heavy atom. The molecule has 1 aromatic rings. The monoisotopic (exact) mass is 507 g/mol. The van der Waals surface area contributed by atoms with E-state index < -0.39 is 54.5 Å². The Kier molecular flexibility index (Phi) is 12.5. The van der Waals surface area contributed by atoms with E-state index in [1.165, 1.54) is 13.8 Å². The van der Waals surface area contributed by atoms with Crippen LogP contribution in [0.1, 0.15) is 26.3 Å². The van der Waals surface area contributed by atoms with Crippen molar-refractivity contribution in [3.8, 4) is 0 Å². The predicted octanol–water partition coefficient (Wildman–Crippen LogP) is -0.162. The molecule has 0 fully saturated rings. The normalized spacial score (nSPS) is 12.0. The van der Waals surface area contributed by atoms with Crippen LogP contribution in [-0.2, 0) is 40.0 Å². The molecule has 0 bridgehead atoms. The molecule has 5 N–H and O–H groups in total. The SMILES string of the molecule is CCOC(=O)/C=C/OC(=O)N(CC(N)=O)NC(=O)[C@H](C)NC(=O)[C@H](C)NC(=O)OCc1ccccc1. The fourth-order valence-corrected chi connectivity index (χ4v) is 2.35. The number of ether oxygens (including phenoxy) is 3. The highest BCUT2D eigenvalue weighted by Gasteiger charge is 2.25. The van der Waals surface area contributed by atoms with Gasteiger partial charge < -0.3 is 30.6 Å². The van der Waals surface area contributed by atoms with Crippen LogP contribution < -0.4 is 21.8 Å². The molecule has 0 aliphatic carbocycles. The van der Waals surface area contributed by atoms with Gasteiger partial charge in [-0.05, 0) is 26.3 Å². The summed E-state index contributed by atoms with van der Waals surface area (Å²) in [6, 6.07) is 6.62. The molecule has 14 nitrogen and oxygen atoms in total. The molecule has 0 aliphatic rings. The van der Waals surface area contributed by atoms with Crippen molar-refractivity contribution in [1.82, 2.24) is 21.1 Å². The third-order valence-electron chi connectivity index (χ3n) is 4.13. The molecule has 2 atom stereocenters. The van der Waals surface area contributed by atoms with Gasteiger partial charge in [-0.2, -0.15) is 0 Å². The fraction of sp³-hybridized carbons (Fsp3) is 0.364. The molecule has 14 heteroatoms. The van der Waals surface area contributed by atoms with Gasteiger partial charge in [0, 0.05) is 0 Å². The third-order valence-corrected chi connectivity index (χ3v) is 4.13. The van der Waals surface area contributed by atoms with E-state index in [1.54, 1.807) is 31.2 Å². The number of nitrogens with one attached hydrogen (secondary N) is 3. The number of amides is 5. The summed E-state index contributed by atoms with van der Waals surface area (Å²) in [5.41, 5.74) is 7.91. The number of rotatable bonds is 11. The number of primary amides is 1. The van der Waals surface area contributed by atoms with Crippen molar-refractivity contribution in [2.75, 3.05) is 13.2 Å². The summed E-state index contributed by atoms with van der Waals surface area (Å²) in [6.07, 6.45) is -0.564. The lowest BCUT2D eigenvalue weighted by atomic mass is 10.2. The van der Waals surface area contributed by atoms with Gasteiger partial charge in [0.1, 0.15) is 31.5 Å². The summed E-state index contributed by atoms with van der Waals surface area (Å²) in [6.45, 7) is 3.59. The quantitative estimate of drug-likeness (QED) is 0.103. The third kappa shape index (κ3) is 11.5. The first-order chi connectivity index (χ1) is 17.0. The number of hydrogen-bond acceptors (Lipinski definition) is 9. The lowest BCUT2D eigenvalue weighted by molar-refractivity contribution is -0.137. The number of hydrogen-bond donors (Lipinski definition) is 4. The van der Waals surface area contributed by atoms with Crippen LogP contribution in [0, 0.1) is 0 Å². The molecule has 196 valence electrons. The van der Waals surface area contributed by atoms with Crippen LogP contribution in [0.15, 0.2) is 42.7 Å². The minimum Gasteiger partial charge on any atom is -0.463 e. The fourth-order valence-electron chi connectivity index (χ4n) is 2.35. The second-order valence-corrected chi connectivity index (χ2v) is 7.13. The maximum Gasteiger partial charge on any atom is 0.434 e. The van der Waals surface area contributed by atoms with E-state index in [0.717, 1.165) is 11.6 Å². The lowest BCUT2D eigenvalue weighted by Gasteiger charge is -2.23. The maximum absolute atomic E-state index is 12.4. The van der Waals surface area contributed by atoms with Crippen molar-refractivity contribution in [2.24, 2.45) is 5.73 Å². The van der Waals surface area contributed by atoms with Crippen molar-refractivity contribution < 1.29 is 43.0 Å². The zero-order chi connectivity index (χ0) is 27.1. The number of hydrazine groups is 1. The largest absolute Gasteiger partial charge is 0.463 e. The first-order valence-corrected chi connectivity index (χ1v) is 10.7. The highest BCUT2D eigenvalue weighted by molar-refractivity contribution is 5.92. The molecule has 0 unspecified atom stereocenters. The standard InChI is InChI=1S/C22H29N5O9/c1-4-34-18(29)10-11-35-22(33)27(12-17(23)28)26-20(31)15(3)24-19(30)14(2)25-21(32)36-13-16-8-6-5-7-9-16/h5-11,14-15H,4,12-13H2,1-3H3,(H2,23,28)(H,24,30)(H,25,32)(H,26,31)/b11-10+/t14-,15-/m0/s1. The highest BCUT2D eigenvalue weighted by atomic mass is 16.6. The van der Waals surface area contributed by atoms with Crippen LogP contribution in [0.3, 0.4) is 0 Å². The topological polar surface area (TPSA) is 195 Å². The van der Waals surface area contributed by atoms with E-state index in [1.807, 2.05) is 6.07 Å². The minimum atomic E-state index is -1.24. The van der Waals surface area contributed by atoms with Gasteiger partial charge in [-0.3, -0.25) is 19.8 Å². The second kappa shape index (κ2) is 15.3. The molecular formula is C22H29N5O9. The Labute approximate surface area is 207 Å². The van der Waals surface area contributed by atoms with Crippen molar-refractivity contribution in [3.63, 3.8) is 0 Å². The lowest BCUT2D eigenvalue weighted by Crippen LogP contribution is -2.56. The number of carbonyl (C=O) groups is 6. The van der Waals surface area contributed by atoms with Crippen LogP contribution in [0.25, 0.3) is 0 Å². The molecule has 0 radical (unpaired) electrons. The van der Waals surface area contributed by atoms with Crippen molar-refractivity contribution in [3.05, 3.63) is 48.2 Å². The van der Waals surface area contributed by atoms with Gasteiger partial charge in [0.15, 0.2) is 0 Å². The molecule has 0 saturated carbocycles. The second-order valence-electron chi connectivity index (χ2n) is 7.13. The Hall–Kier alpha value is -4.62. The van der Waals surface area contributed by atoms with Gasteiger partial charge in [0.05, 0.1) is 12.7 Å². The minimum absolute atomic E-state index is 0.000591. The summed E-state index contributed by atoms with van der Waals surface area (Å²) >= 11 is 0. The number of nitrogens with zero attached hydrogens (tertiary/aromatic N) is 1. The van der Waals surface area contributed by atoms with E-state index in [4.69, 9.17) is 10.5 Å². The molecule has 0 spiro atoms. The van der Waals surface area contributed by atoms with Gasteiger partial charge in [-0.15, -0.1) is 0 Å². The van der Waals surface area contributed by atoms with E-state index in [9.17, 15) is 28.8 Å². The Balaban J connectivity index is 2.58. The van der Waals surface area contributed by atoms with Crippen molar-refractivity contribution >= 4 is 35.9 Å². The van der Waals surface area contributed by atoms with Crippen LogP contribution in [0.4, 0.5) is 9.59 Å². The van der Waals surface area contributed by atoms with Crippen LogP contribution >= 0.6 is 0 Å². The van der Waals surface area contributed by atoms with E-state index in [-0.39, 0.29) is 13.2 Å². The van der Waals surface area contributed by atoms with Gasteiger partial charge in [0.2, 0.25) is 11.8 Å². The van der Waals surface area contributed by atoms with Gasteiger partial charge in [-0.1, -0.05) is 30.3 Å². The van der Waals surface area contributed by atoms with Crippen molar-refractivity contribution in [1.29, 1.82) is 0 Å². The van der Waals surface area contributed by atoms with Crippen LogP contribution in [0.5, 0.6) is 0 Å². The van der Waals surface area contributed by atoms with Crippen LogP contribution in [-0.4, -0.2) is 66.1 Å². The molecule has 1 aromatic carbocycles. The number of esters is 1. The van der Waals surface area contributed by atoms with Gasteiger partial charge >= 0.3 is 18.2 Å². The van der Waals surface area contributed by atoms with Crippen LogP contribution in [0.2, 0.25) is 0 Å². The Bertz CT molecular complexity index is 968. The summed E-state index contributed by atoms with van der Waals surface area (Å²) < 4.78 is 14.3. The molecule has 5 amide bonds. The molecule has 0 saturated heterocycles. The zero-order valence-corrected chi connectivity index (χ0v) is 20.0. The first kappa shape index (κ1) is 29.4. The molecule has 1 rings (SSSR count). The summed E-state index contributed by atoms with van der Waals surface area (Å²) in [5, 5.41) is 5.11. The highest BCUT2D eigenvalue weighted by Crippen LogP contribution is 2.01. The number of alkyl carbamates (subject to hydrolysis) is 1. The van der Waals surface area contributed by atoms with E-state index in [0.29, 0.717) is 11.3 Å².